The van der Waals surface area contributed by atoms with Crippen LogP contribution in [0.25, 0.3) is 0 Å². The van der Waals surface area contributed by atoms with E-state index in [1.165, 1.54) is 12.1 Å². The highest BCUT2D eigenvalue weighted by Crippen LogP contribution is 2.23. The first-order valence-corrected chi connectivity index (χ1v) is 6.67. The van der Waals surface area contributed by atoms with Crippen molar-refractivity contribution in [2.45, 2.75) is 45.8 Å². The van der Waals surface area contributed by atoms with Crippen molar-refractivity contribution >= 4 is 0 Å². The van der Waals surface area contributed by atoms with Crippen LogP contribution in [0.15, 0.2) is 24.3 Å². The van der Waals surface area contributed by atoms with Crippen molar-refractivity contribution in [3.05, 3.63) is 35.6 Å². The van der Waals surface area contributed by atoms with Gasteiger partial charge < -0.3 is 10.5 Å². The van der Waals surface area contributed by atoms with Crippen LogP contribution in [0.1, 0.15) is 45.3 Å². The van der Waals surface area contributed by atoms with Crippen molar-refractivity contribution < 1.29 is 9.13 Å². The van der Waals surface area contributed by atoms with Crippen LogP contribution in [0.3, 0.4) is 0 Å². The average Bonchev–Trinajstić information content (AvgIpc) is 2.35. The quantitative estimate of drug-likeness (QED) is 0.804. The van der Waals surface area contributed by atoms with Crippen LogP contribution >= 0.6 is 0 Å². The highest BCUT2D eigenvalue weighted by atomic mass is 19.1. The summed E-state index contributed by atoms with van der Waals surface area (Å²) in [4.78, 5) is 0. The van der Waals surface area contributed by atoms with Crippen molar-refractivity contribution in [1.82, 2.24) is 0 Å². The summed E-state index contributed by atoms with van der Waals surface area (Å²) < 4.78 is 18.8. The number of halogens is 1. The largest absolute Gasteiger partial charge is 0.372 e. The Morgan fingerprint density at radius 2 is 1.83 bits per heavy atom. The summed E-state index contributed by atoms with van der Waals surface area (Å²) in [5.74, 6) is 0.376. The molecule has 2 N–H and O–H groups in total. The molecule has 0 aliphatic rings. The third-order valence-corrected chi connectivity index (χ3v) is 3.05. The molecule has 0 heterocycles. The van der Waals surface area contributed by atoms with Crippen molar-refractivity contribution in [3.63, 3.8) is 0 Å². The monoisotopic (exact) mass is 253 g/mol. The fourth-order valence-electron chi connectivity index (χ4n) is 1.76. The lowest BCUT2D eigenvalue weighted by Crippen LogP contribution is -2.30. The molecule has 1 aromatic rings. The molecule has 2 atom stereocenters. The van der Waals surface area contributed by atoms with Crippen LogP contribution in [0.4, 0.5) is 4.39 Å². The van der Waals surface area contributed by atoms with Crippen LogP contribution in [-0.2, 0) is 4.74 Å². The minimum atomic E-state index is -0.232. The summed E-state index contributed by atoms with van der Waals surface area (Å²) in [6.07, 6.45) is 1.70. The molecule has 18 heavy (non-hydrogen) atoms. The van der Waals surface area contributed by atoms with E-state index in [2.05, 4.69) is 13.8 Å². The van der Waals surface area contributed by atoms with E-state index in [4.69, 9.17) is 10.5 Å². The van der Waals surface area contributed by atoms with Crippen molar-refractivity contribution in [3.8, 4) is 0 Å². The first-order chi connectivity index (χ1) is 8.54. The van der Waals surface area contributed by atoms with E-state index in [0.29, 0.717) is 12.5 Å². The molecule has 2 nitrogen and oxygen atoms in total. The number of benzene rings is 1. The van der Waals surface area contributed by atoms with Gasteiger partial charge in [0.1, 0.15) is 5.82 Å². The molecule has 0 fully saturated rings. The first-order valence-electron chi connectivity index (χ1n) is 6.67. The highest BCUT2D eigenvalue weighted by molar-refractivity contribution is 5.20. The van der Waals surface area contributed by atoms with Crippen LogP contribution in [0.2, 0.25) is 0 Å². The predicted molar refractivity (Wildman–Crippen MR) is 72.8 cm³/mol. The van der Waals surface area contributed by atoms with Crippen molar-refractivity contribution in [1.29, 1.82) is 0 Å². The van der Waals surface area contributed by atoms with E-state index in [1.54, 1.807) is 12.1 Å². The Bertz CT molecular complexity index is 337. The zero-order chi connectivity index (χ0) is 13.5. The second kappa shape index (κ2) is 7.49. The third-order valence-electron chi connectivity index (χ3n) is 3.05. The van der Waals surface area contributed by atoms with E-state index >= 15 is 0 Å². The third kappa shape index (κ3) is 4.75. The SMILES string of the molecule is CCC(N)C(OCCC(C)C)c1ccc(F)cc1. The Balaban J connectivity index is 2.68. The molecular formula is C15H24FNO. The maximum atomic E-state index is 12.9. The van der Waals surface area contributed by atoms with E-state index in [-0.39, 0.29) is 18.0 Å². The molecule has 0 aliphatic heterocycles. The molecule has 0 bridgehead atoms. The Hall–Kier alpha value is -0.930. The van der Waals surface area contributed by atoms with Crippen LogP contribution in [0, 0.1) is 11.7 Å². The average molecular weight is 253 g/mol. The molecule has 0 aliphatic carbocycles. The Morgan fingerprint density at radius 3 is 2.33 bits per heavy atom. The topological polar surface area (TPSA) is 35.2 Å². The van der Waals surface area contributed by atoms with Crippen LogP contribution in [0.5, 0.6) is 0 Å². The molecule has 0 aromatic heterocycles. The summed E-state index contributed by atoms with van der Waals surface area (Å²) in [5, 5.41) is 0. The van der Waals surface area contributed by atoms with Crippen LogP contribution in [-0.4, -0.2) is 12.6 Å². The molecule has 0 spiro atoms. The summed E-state index contributed by atoms with van der Waals surface area (Å²) >= 11 is 0. The van der Waals surface area contributed by atoms with Gasteiger partial charge in [0.15, 0.2) is 0 Å². The van der Waals surface area contributed by atoms with Crippen molar-refractivity contribution in [2.24, 2.45) is 11.7 Å². The number of hydrogen-bond donors (Lipinski definition) is 1. The van der Waals surface area contributed by atoms with Gasteiger partial charge in [0.05, 0.1) is 6.10 Å². The van der Waals surface area contributed by atoms with Crippen molar-refractivity contribution in [2.75, 3.05) is 6.61 Å². The van der Waals surface area contributed by atoms with Gasteiger partial charge >= 0.3 is 0 Å². The fourth-order valence-corrected chi connectivity index (χ4v) is 1.76. The van der Waals surface area contributed by atoms with Gasteiger partial charge in [-0.15, -0.1) is 0 Å². The molecule has 3 heteroatoms. The van der Waals surface area contributed by atoms with Gasteiger partial charge in [0, 0.05) is 12.6 Å². The summed E-state index contributed by atoms with van der Waals surface area (Å²) in [6, 6.07) is 6.37. The number of rotatable bonds is 7. The molecule has 102 valence electrons. The summed E-state index contributed by atoms with van der Waals surface area (Å²) in [6.45, 7) is 7.05. The van der Waals surface area contributed by atoms with Gasteiger partial charge in [-0.1, -0.05) is 32.9 Å². The predicted octanol–water partition coefficient (Wildman–Crippen LogP) is 3.67. The Labute approximate surface area is 109 Å². The highest BCUT2D eigenvalue weighted by Gasteiger charge is 2.19. The second-order valence-corrected chi connectivity index (χ2v) is 5.10. The summed E-state index contributed by atoms with van der Waals surface area (Å²) in [5.41, 5.74) is 7.04. The van der Waals surface area contributed by atoms with Gasteiger partial charge in [-0.3, -0.25) is 0 Å². The molecule has 1 aromatic carbocycles. The number of nitrogens with two attached hydrogens (primary N) is 1. The van der Waals surface area contributed by atoms with Gasteiger partial charge in [-0.25, -0.2) is 4.39 Å². The molecule has 2 unspecified atom stereocenters. The first kappa shape index (κ1) is 15.1. The lowest BCUT2D eigenvalue weighted by Gasteiger charge is -2.24. The zero-order valence-corrected chi connectivity index (χ0v) is 11.5. The van der Waals surface area contributed by atoms with E-state index in [9.17, 15) is 4.39 Å². The Morgan fingerprint density at radius 1 is 1.22 bits per heavy atom. The lowest BCUT2D eigenvalue weighted by molar-refractivity contribution is 0.0275. The molecule has 0 radical (unpaired) electrons. The van der Waals surface area contributed by atoms with E-state index < -0.39 is 0 Å². The van der Waals surface area contributed by atoms with Gasteiger partial charge in [0.2, 0.25) is 0 Å². The second-order valence-electron chi connectivity index (χ2n) is 5.10. The van der Waals surface area contributed by atoms with Gasteiger partial charge in [0.25, 0.3) is 0 Å². The molecule has 1 rings (SSSR count). The van der Waals surface area contributed by atoms with Crippen LogP contribution < -0.4 is 5.73 Å². The normalized spacial score (nSPS) is 14.8. The number of ether oxygens (including phenoxy) is 1. The number of hydrogen-bond acceptors (Lipinski definition) is 2. The lowest BCUT2D eigenvalue weighted by atomic mass is 10.0. The Kier molecular flexibility index (Phi) is 6.30. The standard InChI is InChI=1S/C15H24FNO/c1-4-14(17)15(18-10-9-11(2)3)12-5-7-13(16)8-6-12/h5-8,11,14-15H,4,9-10,17H2,1-3H3. The fraction of sp³-hybridized carbons (Fsp3) is 0.600. The van der Waals surface area contributed by atoms with E-state index in [0.717, 1.165) is 18.4 Å². The molecular weight excluding hydrogens is 229 g/mol. The zero-order valence-electron chi connectivity index (χ0n) is 11.5. The smallest absolute Gasteiger partial charge is 0.123 e. The minimum absolute atomic E-state index is 0.0531. The maximum Gasteiger partial charge on any atom is 0.123 e. The van der Waals surface area contributed by atoms with Gasteiger partial charge in [-0.2, -0.15) is 0 Å². The molecule has 0 saturated carbocycles. The maximum absolute atomic E-state index is 12.9. The molecule has 0 saturated heterocycles. The van der Waals surface area contributed by atoms with Gasteiger partial charge in [-0.05, 0) is 36.5 Å². The summed E-state index contributed by atoms with van der Waals surface area (Å²) in [7, 11) is 0. The molecule has 0 amide bonds. The minimum Gasteiger partial charge on any atom is -0.372 e. The van der Waals surface area contributed by atoms with E-state index in [1.807, 2.05) is 6.92 Å².